The fourth-order valence-electron chi connectivity index (χ4n) is 3.48. The van der Waals surface area contributed by atoms with Crippen molar-refractivity contribution in [2.24, 2.45) is 4.99 Å². The maximum Gasteiger partial charge on any atom is 0.407 e. The molecule has 1 fully saturated rings. The van der Waals surface area contributed by atoms with Crippen molar-refractivity contribution in [1.29, 1.82) is 0 Å². The van der Waals surface area contributed by atoms with Gasteiger partial charge in [0.15, 0.2) is 5.96 Å². The standard InChI is InChI=1S/C23H38N4O4.HI/c1-6-24-21(25-15-20(28)16-7-13-19(30-5)14-8-16)26-17-9-11-18(12-10-17)27-22(29)31-23(2,3)4;/h7-8,13-14,17-18,20,28H,6,9-12,15H2,1-5H3,(H,27,29)(H2,24,25,26);1H. The van der Waals surface area contributed by atoms with E-state index < -0.39 is 11.7 Å². The Hall–Kier alpha value is -1.75. The molecule has 0 bridgehead atoms. The molecule has 0 aromatic heterocycles. The molecule has 0 radical (unpaired) electrons. The summed E-state index contributed by atoms with van der Waals surface area (Å²) in [5.74, 6) is 1.45. The van der Waals surface area contributed by atoms with E-state index in [1.54, 1.807) is 7.11 Å². The maximum absolute atomic E-state index is 12.0. The molecule has 8 nitrogen and oxygen atoms in total. The third-order valence-corrected chi connectivity index (χ3v) is 5.06. The number of benzene rings is 1. The first kappa shape index (κ1) is 28.3. The van der Waals surface area contributed by atoms with E-state index in [4.69, 9.17) is 9.47 Å². The second-order valence-corrected chi connectivity index (χ2v) is 8.85. The van der Waals surface area contributed by atoms with Crippen LogP contribution in [0.2, 0.25) is 0 Å². The number of carbonyl (C=O) groups excluding carboxylic acids is 1. The number of aliphatic hydroxyl groups excluding tert-OH is 1. The topological polar surface area (TPSA) is 104 Å². The monoisotopic (exact) mass is 562 g/mol. The Kier molecular flexibility index (Phi) is 12.1. The lowest BCUT2D eigenvalue weighted by Crippen LogP contribution is -2.48. The van der Waals surface area contributed by atoms with Crippen LogP contribution in [0.1, 0.15) is 65.0 Å². The number of aliphatic hydroxyl groups is 1. The van der Waals surface area contributed by atoms with Crippen LogP contribution in [0.15, 0.2) is 29.3 Å². The molecule has 1 unspecified atom stereocenters. The van der Waals surface area contributed by atoms with Gasteiger partial charge in [0.2, 0.25) is 0 Å². The summed E-state index contributed by atoms with van der Waals surface area (Å²) in [6.45, 7) is 8.59. The van der Waals surface area contributed by atoms with Gasteiger partial charge < -0.3 is 30.5 Å². The Morgan fingerprint density at radius 2 is 1.69 bits per heavy atom. The lowest BCUT2D eigenvalue weighted by molar-refractivity contribution is 0.0490. The van der Waals surface area contributed by atoms with Gasteiger partial charge in [-0.15, -0.1) is 24.0 Å². The summed E-state index contributed by atoms with van der Waals surface area (Å²) in [6.07, 6.45) is 2.56. The highest BCUT2D eigenvalue weighted by Gasteiger charge is 2.25. The van der Waals surface area contributed by atoms with Gasteiger partial charge in [-0.2, -0.15) is 0 Å². The molecule has 1 aliphatic rings. The number of carbonyl (C=O) groups is 1. The van der Waals surface area contributed by atoms with Crippen LogP contribution in [-0.2, 0) is 4.74 Å². The molecule has 1 atom stereocenters. The number of methoxy groups -OCH3 is 1. The smallest absolute Gasteiger partial charge is 0.407 e. The molecule has 0 heterocycles. The van der Waals surface area contributed by atoms with Gasteiger partial charge in [0.05, 0.1) is 19.8 Å². The number of nitrogens with one attached hydrogen (secondary N) is 3. The van der Waals surface area contributed by atoms with E-state index in [1.165, 1.54) is 0 Å². The number of aliphatic imine (C=N–C) groups is 1. The average Bonchev–Trinajstić information content (AvgIpc) is 2.72. The number of nitrogens with zero attached hydrogens (tertiary/aromatic N) is 1. The van der Waals surface area contributed by atoms with E-state index in [9.17, 15) is 9.90 Å². The molecule has 1 amide bonds. The van der Waals surface area contributed by atoms with Crippen LogP contribution >= 0.6 is 24.0 Å². The molecule has 2 rings (SSSR count). The average molecular weight is 562 g/mol. The Bertz CT molecular complexity index is 714. The van der Waals surface area contributed by atoms with Crippen LogP contribution in [0, 0.1) is 0 Å². The summed E-state index contributed by atoms with van der Waals surface area (Å²) in [5.41, 5.74) is 0.310. The van der Waals surface area contributed by atoms with E-state index in [0.29, 0.717) is 5.96 Å². The predicted octanol–water partition coefficient (Wildman–Crippen LogP) is 3.74. The molecule has 0 aliphatic heterocycles. The van der Waals surface area contributed by atoms with Crippen LogP contribution < -0.4 is 20.7 Å². The number of alkyl carbamates (subject to hydrolysis) is 1. The van der Waals surface area contributed by atoms with Gasteiger partial charge in [0.25, 0.3) is 0 Å². The molecule has 1 aromatic rings. The number of amides is 1. The van der Waals surface area contributed by atoms with E-state index in [0.717, 1.165) is 43.5 Å². The lowest BCUT2D eigenvalue weighted by atomic mass is 9.91. The molecule has 0 saturated heterocycles. The van der Waals surface area contributed by atoms with Crippen molar-refractivity contribution < 1.29 is 19.4 Å². The molecular weight excluding hydrogens is 523 g/mol. The molecule has 9 heteroatoms. The zero-order chi connectivity index (χ0) is 22.9. The van der Waals surface area contributed by atoms with Crippen LogP contribution in [0.25, 0.3) is 0 Å². The van der Waals surface area contributed by atoms with E-state index in [2.05, 4.69) is 20.9 Å². The Morgan fingerprint density at radius 3 is 2.19 bits per heavy atom. The van der Waals surface area contributed by atoms with Crippen LogP contribution in [0.3, 0.4) is 0 Å². The van der Waals surface area contributed by atoms with E-state index in [-0.39, 0.29) is 48.7 Å². The molecular formula is C23H39IN4O4. The quantitative estimate of drug-likeness (QED) is 0.230. The molecule has 182 valence electrons. The molecule has 32 heavy (non-hydrogen) atoms. The first-order valence-corrected chi connectivity index (χ1v) is 11.1. The van der Waals surface area contributed by atoms with Crippen molar-refractivity contribution in [2.45, 2.75) is 77.2 Å². The maximum atomic E-state index is 12.0. The van der Waals surface area contributed by atoms with Crippen LogP contribution in [0.5, 0.6) is 5.75 Å². The second-order valence-electron chi connectivity index (χ2n) is 8.85. The summed E-state index contributed by atoms with van der Waals surface area (Å²) < 4.78 is 10.5. The van der Waals surface area contributed by atoms with Crippen molar-refractivity contribution in [3.63, 3.8) is 0 Å². The van der Waals surface area contributed by atoms with Crippen molar-refractivity contribution in [3.05, 3.63) is 29.8 Å². The Morgan fingerprint density at radius 1 is 1.12 bits per heavy atom. The summed E-state index contributed by atoms with van der Waals surface area (Å²) in [4.78, 5) is 16.5. The highest BCUT2D eigenvalue weighted by Crippen LogP contribution is 2.20. The van der Waals surface area contributed by atoms with Crippen molar-refractivity contribution in [2.75, 3.05) is 20.2 Å². The minimum absolute atomic E-state index is 0. The van der Waals surface area contributed by atoms with Gasteiger partial charge in [-0.25, -0.2) is 4.79 Å². The largest absolute Gasteiger partial charge is 0.497 e. The molecule has 4 N–H and O–H groups in total. The first-order chi connectivity index (χ1) is 14.7. The summed E-state index contributed by atoms with van der Waals surface area (Å²) in [7, 11) is 1.62. The highest BCUT2D eigenvalue weighted by atomic mass is 127. The number of halogens is 1. The number of hydrogen-bond donors (Lipinski definition) is 4. The normalized spacial score (nSPS) is 19.9. The lowest BCUT2D eigenvalue weighted by Gasteiger charge is -2.31. The van der Waals surface area contributed by atoms with Crippen molar-refractivity contribution in [3.8, 4) is 5.75 Å². The molecule has 1 aromatic carbocycles. The fraction of sp³-hybridized carbons (Fsp3) is 0.652. The fourth-order valence-corrected chi connectivity index (χ4v) is 3.48. The van der Waals surface area contributed by atoms with Gasteiger partial charge in [-0.05, 0) is 71.1 Å². The predicted molar refractivity (Wildman–Crippen MR) is 138 cm³/mol. The highest BCUT2D eigenvalue weighted by molar-refractivity contribution is 14.0. The second kappa shape index (κ2) is 13.7. The van der Waals surface area contributed by atoms with Crippen LogP contribution in [0.4, 0.5) is 4.79 Å². The number of ether oxygens (including phenoxy) is 2. The van der Waals surface area contributed by atoms with E-state index in [1.807, 2.05) is 52.0 Å². The molecule has 0 spiro atoms. The van der Waals surface area contributed by atoms with Gasteiger partial charge in [0, 0.05) is 18.6 Å². The third-order valence-electron chi connectivity index (χ3n) is 5.06. The van der Waals surface area contributed by atoms with E-state index >= 15 is 0 Å². The Labute approximate surface area is 209 Å². The number of hydrogen-bond acceptors (Lipinski definition) is 5. The minimum atomic E-state index is -0.685. The summed E-state index contributed by atoms with van der Waals surface area (Å²) in [6, 6.07) is 7.75. The summed E-state index contributed by atoms with van der Waals surface area (Å²) >= 11 is 0. The zero-order valence-corrected chi connectivity index (χ0v) is 22.1. The van der Waals surface area contributed by atoms with Gasteiger partial charge in [0.1, 0.15) is 11.4 Å². The third kappa shape index (κ3) is 10.2. The molecule has 1 aliphatic carbocycles. The van der Waals surface area contributed by atoms with Crippen molar-refractivity contribution in [1.82, 2.24) is 16.0 Å². The minimum Gasteiger partial charge on any atom is -0.497 e. The van der Waals surface area contributed by atoms with Crippen LogP contribution in [-0.4, -0.2) is 55.0 Å². The number of rotatable bonds is 7. The first-order valence-electron chi connectivity index (χ1n) is 11.1. The van der Waals surface area contributed by atoms with Crippen molar-refractivity contribution >= 4 is 36.0 Å². The van der Waals surface area contributed by atoms with Gasteiger partial charge in [-0.1, -0.05) is 12.1 Å². The van der Waals surface area contributed by atoms with Gasteiger partial charge >= 0.3 is 6.09 Å². The zero-order valence-electron chi connectivity index (χ0n) is 19.8. The molecule has 1 saturated carbocycles. The van der Waals surface area contributed by atoms with Gasteiger partial charge in [-0.3, -0.25) is 4.99 Å². The Balaban J connectivity index is 0.00000512. The summed E-state index contributed by atoms with van der Waals surface area (Å²) in [5, 5.41) is 20.1. The number of guanidine groups is 1. The SMILES string of the molecule is CCNC(=NCC(O)c1ccc(OC)cc1)NC1CCC(NC(=O)OC(C)(C)C)CC1.I.